The average molecular weight is 469 g/mol. The number of carbonyl (C=O) groups is 1. The summed E-state index contributed by atoms with van der Waals surface area (Å²) in [6.07, 6.45) is 3.41. The minimum absolute atomic E-state index is 0.0917. The lowest BCUT2D eigenvalue weighted by Crippen LogP contribution is -2.19. The molecule has 164 valence electrons. The summed E-state index contributed by atoms with van der Waals surface area (Å²) < 4.78 is 12.4. The van der Waals surface area contributed by atoms with Crippen LogP contribution in [-0.4, -0.2) is 34.7 Å². The molecule has 0 saturated carbocycles. The van der Waals surface area contributed by atoms with E-state index in [9.17, 15) is 4.79 Å². The first-order valence-electron chi connectivity index (χ1n) is 9.76. The van der Waals surface area contributed by atoms with Crippen LogP contribution in [0.15, 0.2) is 66.1 Å². The van der Waals surface area contributed by atoms with Crippen LogP contribution in [0.2, 0.25) is 5.02 Å². The summed E-state index contributed by atoms with van der Waals surface area (Å²) in [5.41, 5.74) is 3.27. The molecule has 1 N–H and O–H groups in total. The Morgan fingerprint density at radius 3 is 2.75 bits per heavy atom. The van der Waals surface area contributed by atoms with Gasteiger partial charge in [0, 0.05) is 28.7 Å². The number of methoxy groups -OCH3 is 2. The molecular weight excluding hydrogens is 448 g/mol. The van der Waals surface area contributed by atoms with E-state index in [1.165, 1.54) is 0 Å². The number of ether oxygens (including phenoxy) is 2. The minimum Gasteiger partial charge on any atom is -0.493 e. The summed E-state index contributed by atoms with van der Waals surface area (Å²) in [5, 5.41) is 4.33. The van der Waals surface area contributed by atoms with Crippen LogP contribution in [0.1, 0.15) is 5.56 Å². The molecule has 4 aromatic rings. The van der Waals surface area contributed by atoms with Crippen molar-refractivity contribution in [2.75, 3.05) is 19.5 Å². The average Bonchev–Trinajstić information content (AvgIpc) is 3.15. The van der Waals surface area contributed by atoms with Gasteiger partial charge in [-0.05, 0) is 35.9 Å². The molecule has 4 rings (SSSR count). The smallest absolute Gasteiger partial charge is 0.244 e. The lowest BCUT2D eigenvalue weighted by Gasteiger charge is -2.12. The molecule has 2 aromatic heterocycles. The SMILES string of the molecule is COc1ccc(NC(=O)Cn2c(SCc3cccc(Cl)c3)nc3ccncc32)cc1OC. The second-order valence-electron chi connectivity index (χ2n) is 6.88. The third kappa shape index (κ3) is 4.98. The number of anilines is 1. The Labute approximate surface area is 194 Å². The number of benzene rings is 2. The van der Waals surface area contributed by atoms with E-state index in [4.69, 9.17) is 26.1 Å². The molecule has 9 heteroatoms. The summed E-state index contributed by atoms with van der Waals surface area (Å²) in [7, 11) is 3.12. The molecule has 0 fully saturated rings. The number of aromatic nitrogens is 3. The molecule has 7 nitrogen and oxygen atoms in total. The van der Waals surface area contributed by atoms with Gasteiger partial charge in [-0.25, -0.2) is 4.98 Å². The zero-order valence-electron chi connectivity index (χ0n) is 17.5. The van der Waals surface area contributed by atoms with Crippen LogP contribution in [0.25, 0.3) is 11.0 Å². The number of rotatable bonds is 8. The maximum atomic E-state index is 12.9. The highest BCUT2D eigenvalue weighted by atomic mass is 35.5. The van der Waals surface area contributed by atoms with Crippen molar-refractivity contribution in [1.82, 2.24) is 14.5 Å². The van der Waals surface area contributed by atoms with Crippen molar-refractivity contribution in [2.24, 2.45) is 0 Å². The van der Waals surface area contributed by atoms with Crippen LogP contribution in [-0.2, 0) is 17.1 Å². The summed E-state index contributed by atoms with van der Waals surface area (Å²) in [5.74, 6) is 1.62. The largest absolute Gasteiger partial charge is 0.493 e. The van der Waals surface area contributed by atoms with Gasteiger partial charge in [-0.3, -0.25) is 9.78 Å². The zero-order chi connectivity index (χ0) is 22.5. The van der Waals surface area contributed by atoms with E-state index in [1.54, 1.807) is 56.6 Å². The third-order valence-electron chi connectivity index (χ3n) is 4.74. The Hall–Kier alpha value is -3.23. The second-order valence-corrected chi connectivity index (χ2v) is 8.26. The van der Waals surface area contributed by atoms with Crippen LogP contribution in [0, 0.1) is 0 Å². The van der Waals surface area contributed by atoms with E-state index in [0.29, 0.717) is 28.0 Å². The minimum atomic E-state index is -0.190. The lowest BCUT2D eigenvalue weighted by molar-refractivity contribution is -0.116. The Bertz CT molecular complexity index is 1260. The molecule has 0 bridgehead atoms. The van der Waals surface area contributed by atoms with Gasteiger partial charge in [-0.2, -0.15) is 0 Å². The van der Waals surface area contributed by atoms with Crippen LogP contribution >= 0.6 is 23.4 Å². The van der Waals surface area contributed by atoms with Crippen molar-refractivity contribution in [2.45, 2.75) is 17.5 Å². The van der Waals surface area contributed by atoms with Crippen LogP contribution < -0.4 is 14.8 Å². The number of pyridine rings is 1. The lowest BCUT2D eigenvalue weighted by atomic mass is 10.2. The Kier molecular flexibility index (Phi) is 6.82. The first-order chi connectivity index (χ1) is 15.6. The first kappa shape index (κ1) is 22.0. The summed E-state index contributed by atoms with van der Waals surface area (Å²) in [6, 6.07) is 14.8. The van der Waals surface area contributed by atoms with Crippen molar-refractivity contribution in [3.63, 3.8) is 0 Å². The molecule has 2 aromatic carbocycles. The number of halogens is 1. The van der Waals surface area contributed by atoms with E-state index in [0.717, 1.165) is 21.8 Å². The number of fused-ring (bicyclic) bond motifs is 1. The molecule has 32 heavy (non-hydrogen) atoms. The molecular formula is C23H21ClN4O3S. The highest BCUT2D eigenvalue weighted by Crippen LogP contribution is 2.30. The van der Waals surface area contributed by atoms with Crippen LogP contribution in [0.5, 0.6) is 11.5 Å². The van der Waals surface area contributed by atoms with Gasteiger partial charge in [-0.15, -0.1) is 0 Å². The van der Waals surface area contributed by atoms with Crippen LogP contribution in [0.4, 0.5) is 5.69 Å². The highest BCUT2D eigenvalue weighted by Gasteiger charge is 2.15. The molecule has 0 aliphatic heterocycles. The molecule has 1 amide bonds. The fraction of sp³-hybridized carbons (Fsp3) is 0.174. The monoisotopic (exact) mass is 468 g/mol. The topological polar surface area (TPSA) is 78.3 Å². The molecule has 0 saturated heterocycles. The molecule has 0 unspecified atom stereocenters. The number of nitrogens with one attached hydrogen (secondary N) is 1. The number of imidazole rings is 1. The quantitative estimate of drug-likeness (QED) is 0.365. The molecule has 0 aliphatic rings. The molecule has 0 radical (unpaired) electrons. The van der Waals surface area contributed by atoms with Gasteiger partial charge in [-0.1, -0.05) is 35.5 Å². The number of hydrogen-bond donors (Lipinski definition) is 1. The summed E-state index contributed by atoms with van der Waals surface area (Å²) in [4.78, 5) is 21.8. The maximum Gasteiger partial charge on any atom is 0.244 e. The highest BCUT2D eigenvalue weighted by molar-refractivity contribution is 7.98. The Balaban J connectivity index is 1.55. The van der Waals surface area contributed by atoms with E-state index < -0.39 is 0 Å². The standard InChI is InChI=1S/C23H21ClN4O3S/c1-30-20-7-6-17(11-21(20)31-2)26-22(29)13-28-19-12-25-9-8-18(19)27-23(28)32-14-15-4-3-5-16(24)10-15/h3-12H,13-14H2,1-2H3,(H,26,29). The van der Waals surface area contributed by atoms with Crippen molar-refractivity contribution in [3.05, 3.63) is 71.5 Å². The van der Waals surface area contributed by atoms with Crippen molar-refractivity contribution in [3.8, 4) is 11.5 Å². The number of amides is 1. The number of carbonyl (C=O) groups excluding carboxylic acids is 1. The van der Waals surface area contributed by atoms with Gasteiger partial charge in [0.2, 0.25) is 5.91 Å². The molecule has 0 spiro atoms. The second kappa shape index (κ2) is 9.93. The van der Waals surface area contributed by atoms with Crippen molar-refractivity contribution < 1.29 is 14.3 Å². The normalized spacial score (nSPS) is 10.8. The van der Waals surface area contributed by atoms with Gasteiger partial charge in [0.1, 0.15) is 6.54 Å². The van der Waals surface area contributed by atoms with E-state index in [1.807, 2.05) is 34.9 Å². The van der Waals surface area contributed by atoms with Gasteiger partial charge < -0.3 is 19.4 Å². The number of nitrogens with zero attached hydrogens (tertiary/aromatic N) is 3. The van der Waals surface area contributed by atoms with Gasteiger partial charge in [0.15, 0.2) is 16.7 Å². The van der Waals surface area contributed by atoms with Crippen LogP contribution in [0.3, 0.4) is 0 Å². The maximum absolute atomic E-state index is 12.9. The van der Waals surface area contributed by atoms with E-state index in [2.05, 4.69) is 10.3 Å². The third-order valence-corrected chi connectivity index (χ3v) is 6.02. The fourth-order valence-corrected chi connectivity index (χ4v) is 4.41. The summed E-state index contributed by atoms with van der Waals surface area (Å²) in [6.45, 7) is 0.0917. The van der Waals surface area contributed by atoms with Gasteiger partial charge >= 0.3 is 0 Å². The fourth-order valence-electron chi connectivity index (χ4n) is 3.24. The number of thioether (sulfide) groups is 1. The predicted octanol–water partition coefficient (Wildman–Crippen LogP) is 5.03. The number of hydrogen-bond acceptors (Lipinski definition) is 6. The zero-order valence-corrected chi connectivity index (χ0v) is 19.1. The molecule has 0 aliphatic carbocycles. The van der Waals surface area contributed by atoms with Gasteiger partial charge in [0.25, 0.3) is 0 Å². The van der Waals surface area contributed by atoms with E-state index >= 15 is 0 Å². The Morgan fingerprint density at radius 1 is 1.12 bits per heavy atom. The molecule has 0 atom stereocenters. The van der Waals surface area contributed by atoms with Crippen molar-refractivity contribution >= 4 is 46.0 Å². The van der Waals surface area contributed by atoms with Gasteiger partial charge in [0.05, 0.1) is 31.4 Å². The Morgan fingerprint density at radius 2 is 1.97 bits per heavy atom. The summed E-state index contributed by atoms with van der Waals surface area (Å²) >= 11 is 7.64. The van der Waals surface area contributed by atoms with Crippen molar-refractivity contribution in [1.29, 1.82) is 0 Å². The first-order valence-corrected chi connectivity index (χ1v) is 11.1. The van der Waals surface area contributed by atoms with E-state index in [-0.39, 0.29) is 12.5 Å². The molecule has 2 heterocycles. The predicted molar refractivity (Wildman–Crippen MR) is 127 cm³/mol.